The van der Waals surface area contributed by atoms with Crippen LogP contribution < -0.4 is 11.1 Å². The number of carbonyl (C=O) groups is 1. The molecule has 1 unspecified atom stereocenters. The maximum Gasteiger partial charge on any atom is 0.254 e. The van der Waals surface area contributed by atoms with Crippen molar-refractivity contribution in [3.63, 3.8) is 0 Å². The van der Waals surface area contributed by atoms with Gasteiger partial charge in [-0.1, -0.05) is 25.1 Å². The molecule has 0 saturated carbocycles. The highest BCUT2D eigenvalue weighted by Crippen LogP contribution is 2.15. The van der Waals surface area contributed by atoms with Crippen molar-refractivity contribution in [1.82, 2.24) is 10.2 Å². The van der Waals surface area contributed by atoms with Gasteiger partial charge >= 0.3 is 0 Å². The molecule has 98 valence electrons. The second-order valence-corrected chi connectivity index (χ2v) is 4.60. The maximum absolute atomic E-state index is 12.6. The van der Waals surface area contributed by atoms with Gasteiger partial charge in [-0.05, 0) is 18.1 Å². The van der Waals surface area contributed by atoms with Crippen LogP contribution in [0.4, 0.5) is 0 Å². The van der Waals surface area contributed by atoms with Crippen LogP contribution in [-0.2, 0) is 6.42 Å². The Bertz CT molecular complexity index is 419. The molecule has 1 saturated heterocycles. The topological polar surface area (TPSA) is 58.4 Å². The van der Waals surface area contributed by atoms with Gasteiger partial charge in [-0.25, -0.2) is 0 Å². The minimum atomic E-state index is 0.108. The van der Waals surface area contributed by atoms with Crippen molar-refractivity contribution in [2.24, 2.45) is 5.73 Å². The maximum atomic E-state index is 12.6. The molecule has 1 amide bonds. The van der Waals surface area contributed by atoms with Crippen LogP contribution in [0.25, 0.3) is 0 Å². The van der Waals surface area contributed by atoms with E-state index in [9.17, 15) is 4.79 Å². The van der Waals surface area contributed by atoms with Gasteiger partial charge in [-0.15, -0.1) is 0 Å². The molecule has 0 aromatic heterocycles. The molecular weight excluding hydrogens is 226 g/mol. The van der Waals surface area contributed by atoms with Crippen LogP contribution in [-0.4, -0.2) is 43.0 Å². The number of hydrogen-bond donors (Lipinski definition) is 2. The molecule has 0 radical (unpaired) electrons. The summed E-state index contributed by atoms with van der Waals surface area (Å²) < 4.78 is 0. The molecule has 1 aliphatic heterocycles. The van der Waals surface area contributed by atoms with Crippen LogP contribution in [0.1, 0.15) is 22.8 Å². The fourth-order valence-electron chi connectivity index (χ4n) is 2.43. The number of carbonyl (C=O) groups excluding carboxylic acids is 1. The number of rotatable bonds is 3. The van der Waals surface area contributed by atoms with E-state index in [1.165, 1.54) is 0 Å². The van der Waals surface area contributed by atoms with E-state index in [2.05, 4.69) is 12.2 Å². The molecule has 1 fully saturated rings. The van der Waals surface area contributed by atoms with E-state index < -0.39 is 0 Å². The van der Waals surface area contributed by atoms with Gasteiger partial charge in [0.1, 0.15) is 0 Å². The molecule has 4 nitrogen and oxygen atoms in total. The first-order valence-corrected chi connectivity index (χ1v) is 6.57. The fourth-order valence-corrected chi connectivity index (χ4v) is 2.43. The number of piperazine rings is 1. The van der Waals surface area contributed by atoms with Crippen molar-refractivity contribution in [2.75, 3.05) is 26.2 Å². The van der Waals surface area contributed by atoms with Gasteiger partial charge in [0.15, 0.2) is 0 Å². The summed E-state index contributed by atoms with van der Waals surface area (Å²) in [4.78, 5) is 14.5. The van der Waals surface area contributed by atoms with Crippen LogP contribution in [0.3, 0.4) is 0 Å². The highest BCUT2D eigenvalue weighted by Gasteiger charge is 2.27. The number of hydrogen-bond acceptors (Lipinski definition) is 3. The molecule has 1 aromatic carbocycles. The van der Waals surface area contributed by atoms with E-state index in [1.54, 1.807) is 0 Å². The lowest BCUT2D eigenvalue weighted by molar-refractivity contribution is 0.0643. The number of nitrogens with two attached hydrogens (primary N) is 1. The van der Waals surface area contributed by atoms with Crippen LogP contribution in [0, 0.1) is 0 Å². The van der Waals surface area contributed by atoms with Crippen LogP contribution in [0.5, 0.6) is 0 Å². The third-order valence-electron chi connectivity index (χ3n) is 3.51. The second-order valence-electron chi connectivity index (χ2n) is 4.60. The second kappa shape index (κ2) is 5.98. The Hall–Kier alpha value is -1.39. The van der Waals surface area contributed by atoms with E-state index in [0.717, 1.165) is 37.2 Å². The first-order chi connectivity index (χ1) is 8.77. The Morgan fingerprint density at radius 1 is 1.50 bits per heavy atom. The molecule has 3 N–H and O–H groups in total. The molecule has 1 aromatic rings. The Morgan fingerprint density at radius 2 is 2.28 bits per heavy atom. The van der Waals surface area contributed by atoms with Gasteiger partial charge in [0.2, 0.25) is 0 Å². The van der Waals surface area contributed by atoms with Gasteiger partial charge in [0.05, 0.1) is 6.04 Å². The zero-order valence-corrected chi connectivity index (χ0v) is 10.9. The normalized spacial score (nSPS) is 19.9. The van der Waals surface area contributed by atoms with Crippen molar-refractivity contribution < 1.29 is 4.79 Å². The molecule has 2 rings (SSSR count). The first kappa shape index (κ1) is 13.1. The molecule has 1 atom stereocenters. The van der Waals surface area contributed by atoms with Crippen LogP contribution in [0.2, 0.25) is 0 Å². The summed E-state index contributed by atoms with van der Waals surface area (Å²) >= 11 is 0. The molecule has 1 heterocycles. The van der Waals surface area contributed by atoms with Gasteiger partial charge in [0, 0.05) is 31.7 Å². The largest absolute Gasteiger partial charge is 0.332 e. The summed E-state index contributed by atoms with van der Waals surface area (Å²) in [7, 11) is 0. The van der Waals surface area contributed by atoms with E-state index in [0.29, 0.717) is 6.54 Å². The summed E-state index contributed by atoms with van der Waals surface area (Å²) in [5, 5.41) is 3.28. The third kappa shape index (κ3) is 2.54. The molecule has 0 aliphatic carbocycles. The monoisotopic (exact) mass is 247 g/mol. The highest BCUT2D eigenvalue weighted by molar-refractivity contribution is 5.96. The van der Waals surface area contributed by atoms with Crippen molar-refractivity contribution >= 4 is 5.91 Å². The Kier molecular flexibility index (Phi) is 4.33. The van der Waals surface area contributed by atoms with Gasteiger partial charge in [-0.3, -0.25) is 4.79 Å². The zero-order chi connectivity index (χ0) is 13.0. The number of benzene rings is 1. The number of nitrogens with zero attached hydrogens (tertiary/aromatic N) is 1. The minimum Gasteiger partial charge on any atom is -0.332 e. The Labute approximate surface area is 108 Å². The van der Waals surface area contributed by atoms with Crippen molar-refractivity contribution in [2.45, 2.75) is 19.4 Å². The van der Waals surface area contributed by atoms with E-state index in [-0.39, 0.29) is 11.9 Å². The van der Waals surface area contributed by atoms with Crippen LogP contribution in [0.15, 0.2) is 24.3 Å². The number of amides is 1. The minimum absolute atomic E-state index is 0.108. The lowest BCUT2D eigenvalue weighted by Crippen LogP contribution is -2.56. The smallest absolute Gasteiger partial charge is 0.254 e. The number of nitrogens with one attached hydrogen (secondary N) is 1. The first-order valence-electron chi connectivity index (χ1n) is 6.57. The van der Waals surface area contributed by atoms with E-state index >= 15 is 0 Å². The third-order valence-corrected chi connectivity index (χ3v) is 3.51. The average molecular weight is 247 g/mol. The number of aryl methyl sites for hydroxylation is 1. The summed E-state index contributed by atoms with van der Waals surface area (Å²) in [6, 6.07) is 7.94. The summed E-state index contributed by atoms with van der Waals surface area (Å²) in [6.07, 6.45) is 0.876. The summed E-state index contributed by atoms with van der Waals surface area (Å²) in [5.74, 6) is 0.115. The lowest BCUT2D eigenvalue weighted by Gasteiger charge is -2.36. The predicted octanol–water partition coefficient (Wildman–Crippen LogP) is 0.622. The lowest BCUT2D eigenvalue weighted by atomic mass is 10.0. The standard InChI is InChI=1S/C14H21N3O/c1-2-11-5-3-4-6-13(11)14(18)17-8-7-16-10-12(17)9-15/h3-6,12,16H,2,7-10,15H2,1H3. The van der Waals surface area contributed by atoms with Crippen molar-refractivity contribution in [3.05, 3.63) is 35.4 Å². The molecule has 1 aliphatic rings. The zero-order valence-electron chi connectivity index (χ0n) is 10.9. The molecule has 18 heavy (non-hydrogen) atoms. The molecule has 0 bridgehead atoms. The SMILES string of the molecule is CCc1ccccc1C(=O)N1CCNCC1CN. The van der Waals surface area contributed by atoms with E-state index in [4.69, 9.17) is 5.73 Å². The van der Waals surface area contributed by atoms with Crippen molar-refractivity contribution in [3.8, 4) is 0 Å². The fraction of sp³-hybridized carbons (Fsp3) is 0.500. The summed E-state index contributed by atoms with van der Waals surface area (Å²) in [6.45, 7) is 4.95. The molecule has 4 heteroatoms. The molecule has 0 spiro atoms. The average Bonchev–Trinajstić information content (AvgIpc) is 2.46. The summed E-state index contributed by atoms with van der Waals surface area (Å²) in [5.41, 5.74) is 7.67. The predicted molar refractivity (Wildman–Crippen MR) is 72.6 cm³/mol. The quantitative estimate of drug-likeness (QED) is 0.823. The van der Waals surface area contributed by atoms with Gasteiger partial charge in [0.25, 0.3) is 5.91 Å². The van der Waals surface area contributed by atoms with Crippen molar-refractivity contribution in [1.29, 1.82) is 0 Å². The Balaban J connectivity index is 2.24. The van der Waals surface area contributed by atoms with Gasteiger partial charge < -0.3 is 16.0 Å². The highest BCUT2D eigenvalue weighted by atomic mass is 16.2. The van der Waals surface area contributed by atoms with E-state index in [1.807, 2.05) is 29.2 Å². The Morgan fingerprint density at radius 3 is 3.00 bits per heavy atom. The molecular formula is C14H21N3O. The van der Waals surface area contributed by atoms with Crippen LogP contribution >= 0.6 is 0 Å². The van der Waals surface area contributed by atoms with Gasteiger partial charge in [-0.2, -0.15) is 0 Å².